The second-order valence-corrected chi connectivity index (χ2v) is 7.03. The van der Waals surface area contributed by atoms with Crippen molar-refractivity contribution < 1.29 is 8.42 Å². The first-order chi connectivity index (χ1) is 8.65. The van der Waals surface area contributed by atoms with E-state index in [-0.39, 0.29) is 11.8 Å². The molecule has 0 aliphatic carbocycles. The third-order valence-corrected chi connectivity index (χ3v) is 5.55. The molecular weight excluding hydrogens is 272 g/mol. The highest BCUT2D eigenvalue weighted by Gasteiger charge is 2.34. The summed E-state index contributed by atoms with van der Waals surface area (Å²) in [6.07, 6.45) is 5.06. The van der Waals surface area contributed by atoms with E-state index < -0.39 is 10.0 Å². The molecule has 0 amide bonds. The van der Waals surface area contributed by atoms with E-state index in [1.54, 1.807) is 4.31 Å². The lowest BCUT2D eigenvalue weighted by atomic mass is 10.2. The minimum atomic E-state index is -3.15. The van der Waals surface area contributed by atoms with E-state index in [0.717, 1.165) is 25.0 Å². The van der Waals surface area contributed by atoms with Crippen molar-refractivity contribution in [2.24, 2.45) is 0 Å². The van der Waals surface area contributed by atoms with E-state index in [2.05, 4.69) is 4.98 Å². The predicted octanol–water partition coefficient (Wildman–Crippen LogP) is 2.50. The fourth-order valence-electron chi connectivity index (χ4n) is 2.43. The Morgan fingerprint density at radius 2 is 2.28 bits per heavy atom. The number of aromatic amines is 1. The second kappa shape index (κ2) is 6.08. The zero-order valence-electron chi connectivity index (χ0n) is 10.3. The maximum atomic E-state index is 12.3. The summed E-state index contributed by atoms with van der Waals surface area (Å²) in [4.78, 5) is 3.12. The van der Waals surface area contributed by atoms with Crippen LogP contribution in [0.5, 0.6) is 0 Å². The maximum absolute atomic E-state index is 12.3. The molecule has 102 valence electrons. The summed E-state index contributed by atoms with van der Waals surface area (Å²) in [5.41, 5.74) is 0.994. The van der Waals surface area contributed by atoms with Gasteiger partial charge in [0.15, 0.2) is 0 Å². The third-order valence-electron chi connectivity index (χ3n) is 3.33. The van der Waals surface area contributed by atoms with E-state index in [1.165, 1.54) is 0 Å². The topological polar surface area (TPSA) is 53.2 Å². The van der Waals surface area contributed by atoms with Crippen molar-refractivity contribution in [2.45, 2.75) is 31.7 Å². The van der Waals surface area contributed by atoms with Crippen molar-refractivity contribution in [3.63, 3.8) is 0 Å². The van der Waals surface area contributed by atoms with Gasteiger partial charge in [-0.1, -0.05) is 0 Å². The quantitative estimate of drug-likeness (QED) is 0.646. The fourth-order valence-corrected chi connectivity index (χ4v) is 4.44. The minimum absolute atomic E-state index is 0.0130. The molecule has 2 rings (SSSR count). The van der Waals surface area contributed by atoms with Crippen molar-refractivity contribution >= 4 is 21.6 Å². The van der Waals surface area contributed by atoms with Crippen LogP contribution in [0.25, 0.3) is 0 Å². The van der Waals surface area contributed by atoms with Gasteiger partial charge in [0, 0.05) is 24.3 Å². The van der Waals surface area contributed by atoms with E-state index in [1.807, 2.05) is 18.3 Å². The molecule has 0 spiro atoms. The van der Waals surface area contributed by atoms with Gasteiger partial charge in [-0.2, -0.15) is 4.31 Å². The second-order valence-electron chi connectivity index (χ2n) is 4.61. The zero-order chi connectivity index (χ0) is 13.0. The number of hydrogen-bond acceptors (Lipinski definition) is 2. The Bertz CT molecular complexity index is 458. The lowest BCUT2D eigenvalue weighted by Crippen LogP contribution is -2.32. The molecule has 1 aliphatic rings. The standard InChI is InChI=1S/C12H19ClN2O2S/c13-7-1-2-10-18(16,17)15-9-4-6-12(15)11-5-3-8-14-11/h3,5,8,12,14H,1-2,4,6-7,9-10H2. The molecule has 1 saturated heterocycles. The number of sulfonamides is 1. The number of rotatable bonds is 6. The van der Waals surface area contributed by atoms with E-state index in [9.17, 15) is 8.42 Å². The van der Waals surface area contributed by atoms with Crippen molar-refractivity contribution in [1.82, 2.24) is 9.29 Å². The molecule has 1 N–H and O–H groups in total. The van der Waals surface area contributed by atoms with Gasteiger partial charge in [-0.25, -0.2) is 8.42 Å². The van der Waals surface area contributed by atoms with Gasteiger partial charge in [-0.05, 0) is 37.8 Å². The highest BCUT2D eigenvalue weighted by Crippen LogP contribution is 2.33. The van der Waals surface area contributed by atoms with E-state index in [0.29, 0.717) is 18.8 Å². The third kappa shape index (κ3) is 3.08. The summed E-state index contributed by atoms with van der Waals surface area (Å²) in [5.74, 6) is 0.729. The molecular formula is C12H19ClN2O2S. The van der Waals surface area contributed by atoms with Crippen LogP contribution in [0.1, 0.15) is 37.4 Å². The van der Waals surface area contributed by atoms with Gasteiger partial charge < -0.3 is 4.98 Å². The number of alkyl halides is 1. The van der Waals surface area contributed by atoms with Crippen LogP contribution in [-0.4, -0.2) is 35.9 Å². The monoisotopic (exact) mass is 290 g/mol. The zero-order valence-corrected chi connectivity index (χ0v) is 11.9. The van der Waals surface area contributed by atoms with E-state index in [4.69, 9.17) is 11.6 Å². The Morgan fingerprint density at radius 1 is 1.44 bits per heavy atom. The summed E-state index contributed by atoms with van der Waals surface area (Å²) >= 11 is 5.59. The molecule has 1 aromatic rings. The minimum Gasteiger partial charge on any atom is -0.364 e. The molecule has 0 radical (unpaired) electrons. The normalized spacial score (nSPS) is 21.5. The molecule has 4 nitrogen and oxygen atoms in total. The summed E-state index contributed by atoms with van der Waals surface area (Å²) in [6.45, 7) is 0.632. The first-order valence-corrected chi connectivity index (χ1v) is 8.48. The largest absolute Gasteiger partial charge is 0.364 e. The first kappa shape index (κ1) is 13.9. The Kier molecular flexibility index (Phi) is 4.70. The average molecular weight is 291 g/mol. The smallest absolute Gasteiger partial charge is 0.214 e. The Hall–Kier alpha value is -0.520. The summed E-state index contributed by atoms with van der Waals surface area (Å²) in [5, 5.41) is 0. The molecule has 18 heavy (non-hydrogen) atoms. The van der Waals surface area contributed by atoms with Crippen LogP contribution < -0.4 is 0 Å². The Labute approximate surface area is 113 Å². The van der Waals surface area contributed by atoms with Crippen molar-refractivity contribution in [3.05, 3.63) is 24.0 Å². The van der Waals surface area contributed by atoms with Crippen molar-refractivity contribution in [3.8, 4) is 0 Å². The summed E-state index contributed by atoms with van der Waals surface area (Å²) < 4.78 is 26.2. The number of nitrogens with zero attached hydrogens (tertiary/aromatic N) is 1. The number of H-pyrrole nitrogens is 1. The maximum Gasteiger partial charge on any atom is 0.214 e. The van der Waals surface area contributed by atoms with Gasteiger partial charge in [0.2, 0.25) is 10.0 Å². The Morgan fingerprint density at radius 3 is 2.94 bits per heavy atom. The van der Waals surface area contributed by atoms with Crippen molar-refractivity contribution in [2.75, 3.05) is 18.2 Å². The molecule has 1 atom stereocenters. The number of hydrogen-bond donors (Lipinski definition) is 1. The molecule has 0 aromatic carbocycles. The summed E-state index contributed by atoms with van der Waals surface area (Å²) in [6, 6.07) is 3.85. The molecule has 1 aliphatic heterocycles. The van der Waals surface area contributed by atoms with Gasteiger partial charge in [-0.3, -0.25) is 0 Å². The molecule has 0 bridgehead atoms. The Balaban J connectivity index is 2.07. The van der Waals surface area contributed by atoms with E-state index >= 15 is 0 Å². The number of unbranched alkanes of at least 4 members (excludes halogenated alkanes) is 1. The predicted molar refractivity (Wildman–Crippen MR) is 73.2 cm³/mol. The van der Waals surface area contributed by atoms with Crippen LogP contribution in [0.15, 0.2) is 18.3 Å². The summed E-state index contributed by atoms with van der Waals surface area (Å²) in [7, 11) is -3.15. The van der Waals surface area contributed by atoms with Crippen LogP contribution in [0, 0.1) is 0 Å². The van der Waals surface area contributed by atoms with Gasteiger partial charge >= 0.3 is 0 Å². The lowest BCUT2D eigenvalue weighted by molar-refractivity contribution is 0.391. The SMILES string of the molecule is O=S(=O)(CCCCCl)N1CCCC1c1ccc[nH]1. The van der Waals surface area contributed by atoms with Gasteiger partial charge in [-0.15, -0.1) is 11.6 Å². The highest BCUT2D eigenvalue weighted by molar-refractivity contribution is 7.89. The number of halogens is 1. The van der Waals surface area contributed by atoms with Gasteiger partial charge in [0.25, 0.3) is 0 Å². The van der Waals surface area contributed by atoms with Crippen LogP contribution in [0.2, 0.25) is 0 Å². The molecule has 0 saturated carbocycles. The van der Waals surface area contributed by atoms with Gasteiger partial charge in [0.1, 0.15) is 0 Å². The average Bonchev–Trinajstić information content (AvgIpc) is 3.00. The van der Waals surface area contributed by atoms with Crippen molar-refractivity contribution in [1.29, 1.82) is 0 Å². The molecule has 1 unspecified atom stereocenters. The molecule has 2 heterocycles. The van der Waals surface area contributed by atoms with Gasteiger partial charge in [0.05, 0.1) is 11.8 Å². The van der Waals surface area contributed by atoms with Crippen LogP contribution in [0.4, 0.5) is 0 Å². The molecule has 1 fully saturated rings. The highest BCUT2D eigenvalue weighted by atomic mass is 35.5. The lowest BCUT2D eigenvalue weighted by Gasteiger charge is -2.23. The molecule has 6 heteroatoms. The van der Waals surface area contributed by atoms with Crippen LogP contribution >= 0.6 is 11.6 Å². The van der Waals surface area contributed by atoms with Crippen LogP contribution in [-0.2, 0) is 10.0 Å². The first-order valence-electron chi connectivity index (χ1n) is 6.34. The molecule has 1 aromatic heterocycles. The van der Waals surface area contributed by atoms with Crippen LogP contribution in [0.3, 0.4) is 0 Å². The number of nitrogens with one attached hydrogen (secondary N) is 1. The number of aromatic nitrogens is 1. The fraction of sp³-hybridized carbons (Fsp3) is 0.667.